The van der Waals surface area contributed by atoms with Crippen LogP contribution >= 0.6 is 0 Å². The van der Waals surface area contributed by atoms with Crippen LogP contribution < -0.4 is 14.8 Å². The lowest BCUT2D eigenvalue weighted by Gasteiger charge is -2.32. The van der Waals surface area contributed by atoms with E-state index in [1.165, 1.54) is 0 Å². The van der Waals surface area contributed by atoms with Crippen LogP contribution in [-0.2, 0) is 37.3 Å². The van der Waals surface area contributed by atoms with Crippen molar-refractivity contribution in [1.82, 2.24) is 19.8 Å². The van der Waals surface area contributed by atoms with Gasteiger partial charge in [0.05, 0.1) is 25.2 Å². The topological polar surface area (TPSA) is 117 Å². The molecule has 2 fully saturated rings. The largest absolute Gasteiger partial charge is 0.497 e. The van der Waals surface area contributed by atoms with E-state index < -0.39 is 16.1 Å². The van der Waals surface area contributed by atoms with Gasteiger partial charge in [0, 0.05) is 45.2 Å². The quantitative estimate of drug-likeness (QED) is 0.264. The second kappa shape index (κ2) is 15.5. The lowest BCUT2D eigenvalue weighted by Crippen LogP contribution is -2.46. The van der Waals surface area contributed by atoms with E-state index in [9.17, 15) is 18.0 Å². The minimum atomic E-state index is -3.55. The fraction of sp³-hybridized carbons (Fsp3) is 0.412. The lowest BCUT2D eigenvalue weighted by molar-refractivity contribution is -0.141. The van der Waals surface area contributed by atoms with Crippen LogP contribution in [0, 0.1) is 0 Å². The Labute approximate surface area is 265 Å². The number of nitrogens with one attached hydrogen (secondary N) is 2. The number of sulfonamides is 1. The predicted octanol–water partition coefficient (Wildman–Crippen LogP) is 3.29. The molecule has 0 radical (unpaired) electrons. The molecule has 1 atom stereocenters. The molecule has 3 aromatic rings. The second-order valence-electron chi connectivity index (χ2n) is 11.5. The van der Waals surface area contributed by atoms with Crippen molar-refractivity contribution in [3.63, 3.8) is 0 Å². The molecule has 10 nitrogen and oxygen atoms in total. The number of hydrogen-bond acceptors (Lipinski definition) is 7. The fourth-order valence-corrected chi connectivity index (χ4v) is 6.64. The molecule has 1 aliphatic heterocycles. The van der Waals surface area contributed by atoms with E-state index in [4.69, 9.17) is 9.47 Å². The summed E-state index contributed by atoms with van der Waals surface area (Å²) in [5.74, 6) is 0.277. The maximum Gasteiger partial charge on any atom is 0.247 e. The standard InChI is InChI=1S/C34H42N4O6S/c1-43-30-14-7-27(8-15-30)25-38(32(39)18-11-26-9-16-31(17-10-26)45(41,42)36-29-12-13-29)33(28-5-3-2-4-6-28)34(40)35-19-20-37-21-23-44-24-22-37/h2-10,14-17,29,33,36H,11-13,18-25H2,1H3,(H,35,40). The van der Waals surface area contributed by atoms with Crippen LogP contribution in [0.3, 0.4) is 0 Å². The van der Waals surface area contributed by atoms with E-state index in [2.05, 4.69) is 14.9 Å². The van der Waals surface area contributed by atoms with Crippen molar-refractivity contribution in [2.45, 2.75) is 49.2 Å². The molecule has 1 saturated heterocycles. The van der Waals surface area contributed by atoms with Gasteiger partial charge >= 0.3 is 0 Å². The first kappa shape index (κ1) is 32.6. The summed E-state index contributed by atoms with van der Waals surface area (Å²) in [6, 6.07) is 22.7. The van der Waals surface area contributed by atoms with Crippen molar-refractivity contribution >= 4 is 21.8 Å². The molecular formula is C34H42N4O6S. The monoisotopic (exact) mass is 634 g/mol. The van der Waals surface area contributed by atoms with Crippen molar-refractivity contribution < 1.29 is 27.5 Å². The lowest BCUT2D eigenvalue weighted by atomic mass is 10.0. The number of nitrogens with zero attached hydrogens (tertiary/aromatic N) is 2. The van der Waals surface area contributed by atoms with Gasteiger partial charge in [-0.3, -0.25) is 14.5 Å². The van der Waals surface area contributed by atoms with Crippen LogP contribution in [0.2, 0.25) is 0 Å². The van der Waals surface area contributed by atoms with Gasteiger partial charge in [-0.15, -0.1) is 0 Å². The number of carbonyl (C=O) groups excluding carboxylic acids is 2. The highest BCUT2D eigenvalue weighted by molar-refractivity contribution is 7.89. The van der Waals surface area contributed by atoms with Crippen molar-refractivity contribution in [2.75, 3.05) is 46.5 Å². The highest BCUT2D eigenvalue weighted by Gasteiger charge is 2.32. The maximum absolute atomic E-state index is 14.0. The SMILES string of the molecule is COc1ccc(CN(C(=O)CCc2ccc(S(=O)(=O)NC3CC3)cc2)C(C(=O)NCCN2CCOCC2)c2ccccc2)cc1. The summed E-state index contributed by atoms with van der Waals surface area (Å²) in [6.07, 6.45) is 2.27. The fourth-order valence-electron chi connectivity index (χ4n) is 5.34. The van der Waals surface area contributed by atoms with Crippen LogP contribution in [0.25, 0.3) is 0 Å². The van der Waals surface area contributed by atoms with Gasteiger partial charge in [-0.2, -0.15) is 0 Å². The van der Waals surface area contributed by atoms with Crippen molar-refractivity contribution in [3.8, 4) is 5.75 Å². The van der Waals surface area contributed by atoms with Gasteiger partial charge in [0.15, 0.2) is 0 Å². The van der Waals surface area contributed by atoms with E-state index in [0.29, 0.717) is 38.5 Å². The number of methoxy groups -OCH3 is 1. The highest BCUT2D eigenvalue weighted by atomic mass is 32.2. The molecule has 0 bridgehead atoms. The first-order chi connectivity index (χ1) is 21.8. The van der Waals surface area contributed by atoms with Gasteiger partial charge in [0.1, 0.15) is 11.8 Å². The first-order valence-electron chi connectivity index (χ1n) is 15.5. The van der Waals surface area contributed by atoms with Gasteiger partial charge in [0.2, 0.25) is 21.8 Å². The first-order valence-corrected chi connectivity index (χ1v) is 17.0. The van der Waals surface area contributed by atoms with E-state index in [0.717, 1.165) is 42.6 Å². The van der Waals surface area contributed by atoms with E-state index in [1.54, 1.807) is 36.3 Å². The molecule has 5 rings (SSSR count). The molecule has 2 N–H and O–H groups in total. The van der Waals surface area contributed by atoms with Crippen molar-refractivity contribution in [1.29, 1.82) is 0 Å². The Balaban J connectivity index is 1.33. The van der Waals surface area contributed by atoms with Gasteiger partial charge in [-0.05, 0) is 60.2 Å². The number of ether oxygens (including phenoxy) is 2. The minimum absolute atomic E-state index is 0.0260. The van der Waals surface area contributed by atoms with Crippen LogP contribution in [0.15, 0.2) is 83.8 Å². The molecule has 1 unspecified atom stereocenters. The zero-order chi connectivity index (χ0) is 31.6. The predicted molar refractivity (Wildman–Crippen MR) is 171 cm³/mol. The molecule has 45 heavy (non-hydrogen) atoms. The minimum Gasteiger partial charge on any atom is -0.497 e. The Morgan fingerprint density at radius 1 is 0.956 bits per heavy atom. The number of amides is 2. The molecular weight excluding hydrogens is 592 g/mol. The summed E-state index contributed by atoms with van der Waals surface area (Å²) in [7, 11) is -1.95. The average molecular weight is 635 g/mol. The summed E-state index contributed by atoms with van der Waals surface area (Å²) < 4.78 is 38.6. The van der Waals surface area contributed by atoms with Crippen LogP contribution in [-0.4, -0.2) is 82.6 Å². The molecule has 0 aromatic heterocycles. The molecule has 2 amide bonds. The number of aryl methyl sites for hydroxylation is 1. The number of morpholine rings is 1. The molecule has 3 aromatic carbocycles. The Morgan fingerprint density at radius 2 is 1.62 bits per heavy atom. The third kappa shape index (κ3) is 9.37. The Hall–Kier alpha value is -3.77. The summed E-state index contributed by atoms with van der Waals surface area (Å²) in [5.41, 5.74) is 2.43. The smallest absolute Gasteiger partial charge is 0.247 e. The molecule has 240 valence electrons. The average Bonchev–Trinajstić information content (AvgIpc) is 3.88. The van der Waals surface area contributed by atoms with Gasteiger partial charge in [-0.25, -0.2) is 13.1 Å². The summed E-state index contributed by atoms with van der Waals surface area (Å²) in [6.45, 7) is 4.39. The van der Waals surface area contributed by atoms with Crippen molar-refractivity contribution in [3.05, 3.63) is 95.6 Å². The van der Waals surface area contributed by atoms with Gasteiger partial charge in [0.25, 0.3) is 0 Å². The zero-order valence-electron chi connectivity index (χ0n) is 25.7. The molecule has 1 saturated carbocycles. The highest BCUT2D eigenvalue weighted by Crippen LogP contribution is 2.26. The third-order valence-electron chi connectivity index (χ3n) is 8.10. The Morgan fingerprint density at radius 3 is 2.27 bits per heavy atom. The molecule has 1 aliphatic carbocycles. The van der Waals surface area contributed by atoms with Crippen LogP contribution in [0.1, 0.15) is 42.0 Å². The molecule has 11 heteroatoms. The molecule has 1 heterocycles. The number of hydrogen-bond donors (Lipinski definition) is 2. The maximum atomic E-state index is 14.0. The Kier molecular flexibility index (Phi) is 11.2. The number of rotatable bonds is 15. The van der Waals surface area contributed by atoms with Crippen LogP contribution in [0.4, 0.5) is 0 Å². The van der Waals surface area contributed by atoms with Crippen molar-refractivity contribution in [2.24, 2.45) is 0 Å². The zero-order valence-corrected chi connectivity index (χ0v) is 26.5. The third-order valence-corrected chi connectivity index (χ3v) is 9.64. The van der Waals surface area contributed by atoms with Gasteiger partial charge in [-0.1, -0.05) is 54.6 Å². The summed E-state index contributed by atoms with van der Waals surface area (Å²) in [5, 5.41) is 3.08. The van der Waals surface area contributed by atoms with E-state index in [1.807, 2.05) is 54.6 Å². The number of benzene rings is 3. The summed E-state index contributed by atoms with van der Waals surface area (Å²) in [4.78, 5) is 32.0. The summed E-state index contributed by atoms with van der Waals surface area (Å²) >= 11 is 0. The van der Waals surface area contributed by atoms with Gasteiger partial charge < -0.3 is 19.7 Å². The molecule has 0 spiro atoms. The normalized spacial score (nSPS) is 16.1. The second-order valence-corrected chi connectivity index (χ2v) is 13.2. The van der Waals surface area contributed by atoms with Crippen LogP contribution in [0.5, 0.6) is 5.75 Å². The number of carbonyl (C=O) groups is 2. The van der Waals surface area contributed by atoms with E-state index in [-0.39, 0.29) is 35.7 Å². The van der Waals surface area contributed by atoms with E-state index >= 15 is 0 Å². The Bertz CT molecular complexity index is 1510. The molecule has 2 aliphatic rings.